The summed E-state index contributed by atoms with van der Waals surface area (Å²) in [6.45, 7) is 6.08. The molecule has 1 aromatic rings. The molecule has 0 radical (unpaired) electrons. The molecular weight excluding hydrogens is 343 g/mol. The molecule has 0 spiro atoms. The number of rotatable bonds is 4. The highest BCUT2D eigenvalue weighted by atomic mass is 19.4. The molecule has 0 fully saturated rings. The maximum atomic E-state index is 12.9. The van der Waals surface area contributed by atoms with E-state index < -0.39 is 40.8 Å². The number of hydrogen-bond donors (Lipinski definition) is 1. The highest BCUT2D eigenvalue weighted by Gasteiger charge is 2.33. The Morgan fingerprint density at radius 2 is 1.72 bits per heavy atom. The molecule has 0 saturated carbocycles. The first-order chi connectivity index (χ1) is 11.3. The van der Waals surface area contributed by atoms with Crippen LogP contribution in [0.15, 0.2) is 18.2 Å². The Morgan fingerprint density at radius 1 is 1.12 bits per heavy atom. The molecule has 138 valence electrons. The van der Waals surface area contributed by atoms with Crippen LogP contribution >= 0.6 is 0 Å². The van der Waals surface area contributed by atoms with Crippen molar-refractivity contribution < 1.29 is 37.0 Å². The van der Waals surface area contributed by atoms with E-state index in [0.717, 1.165) is 6.07 Å². The third kappa shape index (κ3) is 6.09. The second-order valence-corrected chi connectivity index (χ2v) is 5.93. The zero-order chi connectivity index (χ0) is 19.4. The fourth-order valence-electron chi connectivity index (χ4n) is 1.74. The fraction of sp³-hybridized carbons (Fsp3) is 0.438. The number of nitrogens with one attached hydrogen (secondary N) is 1. The van der Waals surface area contributed by atoms with E-state index in [9.17, 15) is 27.6 Å². The lowest BCUT2D eigenvalue weighted by Gasteiger charge is -2.20. The smallest absolute Gasteiger partial charge is 0.416 e. The van der Waals surface area contributed by atoms with Crippen LogP contribution in [0, 0.1) is 0 Å². The van der Waals surface area contributed by atoms with Crippen molar-refractivity contribution in [2.75, 3.05) is 11.9 Å². The van der Waals surface area contributed by atoms with Gasteiger partial charge in [-0.3, -0.25) is 10.1 Å². The topological polar surface area (TPSA) is 81.7 Å². The molecule has 1 N–H and O–H groups in total. The molecule has 0 bridgehead atoms. The summed E-state index contributed by atoms with van der Waals surface area (Å²) in [6.07, 6.45) is -5.71. The van der Waals surface area contributed by atoms with Crippen molar-refractivity contribution in [3.05, 3.63) is 29.3 Å². The number of Topliss-reactive ketones (excluding diaryl/α,β-unsaturated/α-hetero) is 1. The average molecular weight is 361 g/mol. The van der Waals surface area contributed by atoms with Crippen LogP contribution in [0.5, 0.6) is 0 Å². The van der Waals surface area contributed by atoms with Crippen LogP contribution in [0.2, 0.25) is 0 Å². The minimum atomic E-state index is -4.73. The van der Waals surface area contributed by atoms with Crippen molar-refractivity contribution in [2.45, 2.75) is 39.5 Å². The van der Waals surface area contributed by atoms with Gasteiger partial charge in [-0.25, -0.2) is 9.59 Å². The summed E-state index contributed by atoms with van der Waals surface area (Å²) in [5.74, 6) is -2.63. The van der Waals surface area contributed by atoms with Crippen molar-refractivity contribution in [2.24, 2.45) is 0 Å². The molecule has 25 heavy (non-hydrogen) atoms. The van der Waals surface area contributed by atoms with Gasteiger partial charge in [-0.15, -0.1) is 0 Å². The van der Waals surface area contributed by atoms with E-state index in [2.05, 4.69) is 10.1 Å². The Balaban J connectivity index is 3.25. The minimum absolute atomic E-state index is 0.127. The molecule has 0 aliphatic carbocycles. The van der Waals surface area contributed by atoms with Crippen molar-refractivity contribution in [3.63, 3.8) is 0 Å². The molecule has 1 aromatic carbocycles. The van der Waals surface area contributed by atoms with E-state index in [4.69, 9.17) is 4.74 Å². The first kappa shape index (κ1) is 20.5. The fourth-order valence-corrected chi connectivity index (χ4v) is 1.74. The first-order valence-electron chi connectivity index (χ1n) is 7.28. The van der Waals surface area contributed by atoms with Gasteiger partial charge in [-0.2, -0.15) is 13.2 Å². The molecule has 0 aromatic heterocycles. The molecule has 0 atom stereocenters. The maximum absolute atomic E-state index is 12.9. The molecular formula is C16H18F3NO5. The standard InChI is InChI=1S/C16H18F3NO5/c1-5-24-13(22)12(21)10-8-9(16(17,18)19)6-7-11(10)20-14(23)25-15(2,3)4/h6-8H,5H2,1-4H3,(H,20,23). The highest BCUT2D eigenvalue weighted by Crippen LogP contribution is 2.32. The quantitative estimate of drug-likeness (QED) is 0.501. The predicted molar refractivity (Wildman–Crippen MR) is 82.3 cm³/mol. The van der Waals surface area contributed by atoms with Crippen molar-refractivity contribution in [1.29, 1.82) is 0 Å². The average Bonchev–Trinajstić information content (AvgIpc) is 2.43. The molecule has 0 aliphatic rings. The summed E-state index contributed by atoms with van der Waals surface area (Å²) >= 11 is 0. The normalized spacial score (nSPS) is 11.6. The van der Waals surface area contributed by atoms with Crippen LogP contribution in [0.3, 0.4) is 0 Å². The second-order valence-electron chi connectivity index (χ2n) is 5.93. The summed E-state index contributed by atoms with van der Waals surface area (Å²) in [5, 5.41) is 2.17. The van der Waals surface area contributed by atoms with Crippen LogP contribution in [0.4, 0.5) is 23.7 Å². The molecule has 1 rings (SSSR count). The van der Waals surface area contributed by atoms with Gasteiger partial charge in [-0.05, 0) is 45.9 Å². The zero-order valence-electron chi connectivity index (χ0n) is 14.1. The van der Waals surface area contributed by atoms with Gasteiger partial charge in [0, 0.05) is 0 Å². The molecule has 0 heterocycles. The monoisotopic (exact) mass is 361 g/mol. The SMILES string of the molecule is CCOC(=O)C(=O)c1cc(C(F)(F)F)ccc1NC(=O)OC(C)(C)C. The van der Waals surface area contributed by atoms with Gasteiger partial charge < -0.3 is 9.47 Å². The Labute approximate surface area is 142 Å². The van der Waals surface area contributed by atoms with Crippen LogP contribution < -0.4 is 5.32 Å². The Morgan fingerprint density at radius 3 is 2.20 bits per heavy atom. The summed E-state index contributed by atoms with van der Waals surface area (Å²) in [7, 11) is 0. The molecule has 1 amide bonds. The third-order valence-corrected chi connectivity index (χ3v) is 2.69. The molecule has 0 unspecified atom stereocenters. The van der Waals surface area contributed by atoms with Crippen LogP contribution in [0.25, 0.3) is 0 Å². The second kappa shape index (κ2) is 7.54. The number of halogens is 3. The van der Waals surface area contributed by atoms with Gasteiger partial charge >= 0.3 is 18.2 Å². The van der Waals surface area contributed by atoms with E-state index in [1.165, 1.54) is 6.92 Å². The van der Waals surface area contributed by atoms with E-state index in [-0.39, 0.29) is 12.3 Å². The minimum Gasteiger partial charge on any atom is -0.460 e. The number of carbonyl (C=O) groups excluding carboxylic acids is 3. The van der Waals surface area contributed by atoms with Gasteiger partial charge in [0.05, 0.1) is 23.4 Å². The lowest BCUT2D eigenvalue weighted by molar-refractivity contribution is -0.138. The largest absolute Gasteiger partial charge is 0.460 e. The van der Waals surface area contributed by atoms with Crippen molar-refractivity contribution in [1.82, 2.24) is 0 Å². The number of esters is 1. The van der Waals surface area contributed by atoms with E-state index in [1.54, 1.807) is 20.8 Å². The number of ketones is 1. The molecule has 9 heteroatoms. The summed E-state index contributed by atoms with van der Waals surface area (Å²) < 4.78 is 48.1. The van der Waals surface area contributed by atoms with Gasteiger partial charge in [0.15, 0.2) is 0 Å². The van der Waals surface area contributed by atoms with Gasteiger partial charge in [-0.1, -0.05) is 0 Å². The Hall–Kier alpha value is -2.58. The number of amides is 1. The molecule has 0 aliphatic heterocycles. The highest BCUT2D eigenvalue weighted by molar-refractivity contribution is 6.42. The number of ether oxygens (including phenoxy) is 2. The third-order valence-electron chi connectivity index (χ3n) is 2.69. The van der Waals surface area contributed by atoms with E-state index in [0.29, 0.717) is 12.1 Å². The summed E-state index contributed by atoms with van der Waals surface area (Å²) in [5.41, 5.74) is -2.93. The van der Waals surface area contributed by atoms with Gasteiger partial charge in [0.1, 0.15) is 5.60 Å². The number of anilines is 1. The lowest BCUT2D eigenvalue weighted by Crippen LogP contribution is -2.28. The van der Waals surface area contributed by atoms with Crippen molar-refractivity contribution >= 4 is 23.5 Å². The van der Waals surface area contributed by atoms with Gasteiger partial charge in [0.25, 0.3) is 5.78 Å². The van der Waals surface area contributed by atoms with Crippen LogP contribution in [-0.2, 0) is 20.4 Å². The number of hydrogen-bond acceptors (Lipinski definition) is 5. The number of benzene rings is 1. The maximum Gasteiger partial charge on any atom is 0.416 e. The lowest BCUT2D eigenvalue weighted by atomic mass is 10.0. The Kier molecular flexibility index (Phi) is 6.17. The number of alkyl halides is 3. The molecule has 6 nitrogen and oxygen atoms in total. The first-order valence-corrected chi connectivity index (χ1v) is 7.28. The Bertz CT molecular complexity index is 677. The zero-order valence-corrected chi connectivity index (χ0v) is 14.1. The van der Waals surface area contributed by atoms with Crippen LogP contribution in [0.1, 0.15) is 43.6 Å². The van der Waals surface area contributed by atoms with Crippen molar-refractivity contribution in [3.8, 4) is 0 Å². The van der Waals surface area contributed by atoms with E-state index >= 15 is 0 Å². The number of carbonyl (C=O) groups is 3. The summed E-state index contributed by atoms with van der Waals surface area (Å²) in [4.78, 5) is 35.4. The van der Waals surface area contributed by atoms with Crippen LogP contribution in [-0.4, -0.2) is 30.1 Å². The predicted octanol–water partition coefficient (Wildman–Crippen LogP) is 3.80. The molecule has 0 saturated heterocycles. The van der Waals surface area contributed by atoms with E-state index in [1.807, 2.05) is 0 Å². The summed E-state index contributed by atoms with van der Waals surface area (Å²) in [6, 6.07) is 2.03. The van der Waals surface area contributed by atoms with Gasteiger partial charge in [0.2, 0.25) is 0 Å².